The summed E-state index contributed by atoms with van der Waals surface area (Å²) in [6.45, 7) is 0.469. The molecule has 5 heteroatoms. The Labute approximate surface area is 164 Å². The van der Waals surface area contributed by atoms with Crippen molar-refractivity contribution in [1.82, 2.24) is 5.32 Å². The van der Waals surface area contributed by atoms with Gasteiger partial charge in [0.15, 0.2) is 0 Å². The van der Waals surface area contributed by atoms with Gasteiger partial charge in [0.2, 0.25) is 5.91 Å². The van der Waals surface area contributed by atoms with Crippen LogP contribution in [0.3, 0.4) is 0 Å². The van der Waals surface area contributed by atoms with Crippen molar-refractivity contribution in [3.8, 4) is 0 Å². The minimum Gasteiger partial charge on any atom is -0.481 e. The van der Waals surface area contributed by atoms with E-state index in [2.05, 4.69) is 29.6 Å². The molecule has 1 amide bonds. The Morgan fingerprint density at radius 1 is 0.893 bits per heavy atom. The summed E-state index contributed by atoms with van der Waals surface area (Å²) in [5, 5.41) is 12.4. The van der Waals surface area contributed by atoms with Crippen LogP contribution in [-0.4, -0.2) is 35.7 Å². The molecule has 0 saturated carbocycles. The van der Waals surface area contributed by atoms with Gasteiger partial charge >= 0.3 is 5.97 Å². The fourth-order valence-electron chi connectivity index (χ4n) is 4.27. The first-order valence-electron chi connectivity index (χ1n) is 9.59. The van der Waals surface area contributed by atoms with Crippen molar-refractivity contribution < 1.29 is 19.4 Å². The van der Waals surface area contributed by atoms with Gasteiger partial charge in [-0.2, -0.15) is 0 Å². The number of carboxylic acids is 1. The van der Waals surface area contributed by atoms with E-state index >= 15 is 0 Å². The highest BCUT2D eigenvalue weighted by Crippen LogP contribution is 2.39. The topological polar surface area (TPSA) is 75.6 Å². The van der Waals surface area contributed by atoms with E-state index in [0.717, 1.165) is 6.42 Å². The first-order chi connectivity index (χ1) is 13.6. The van der Waals surface area contributed by atoms with Crippen molar-refractivity contribution in [3.63, 3.8) is 0 Å². The van der Waals surface area contributed by atoms with Gasteiger partial charge in [0.05, 0.1) is 18.1 Å². The number of carbonyl (C=O) groups is 2. The molecule has 2 heterocycles. The van der Waals surface area contributed by atoms with Crippen molar-refractivity contribution in [2.75, 3.05) is 6.54 Å². The third kappa shape index (κ3) is 3.58. The molecule has 2 aliphatic rings. The minimum atomic E-state index is -0.983. The van der Waals surface area contributed by atoms with E-state index in [1.165, 1.54) is 11.1 Å². The van der Waals surface area contributed by atoms with Gasteiger partial charge in [0.25, 0.3) is 0 Å². The molecule has 2 N–H and O–H groups in total. The molecule has 2 aromatic rings. The van der Waals surface area contributed by atoms with E-state index in [4.69, 9.17) is 4.74 Å². The molecule has 0 radical (unpaired) electrons. The summed E-state index contributed by atoms with van der Waals surface area (Å²) in [5.41, 5.74) is 2.38. The molecule has 2 bridgehead atoms. The average Bonchev–Trinajstić information content (AvgIpc) is 3.34. The van der Waals surface area contributed by atoms with Crippen molar-refractivity contribution in [2.45, 2.75) is 24.5 Å². The van der Waals surface area contributed by atoms with E-state index in [0.29, 0.717) is 6.54 Å². The lowest BCUT2D eigenvalue weighted by Crippen LogP contribution is -2.42. The standard InChI is InChI=1S/C23H23NO4/c25-22(20-18-11-12-19(28-18)21(20)23(26)27)24-14-13-17(15-7-3-1-4-8-15)16-9-5-2-6-10-16/h1-12,17-21H,13-14H2,(H,24,25)(H,26,27)/t18-,19+,20+,21-/m1/s1. The minimum absolute atomic E-state index is 0.161. The Kier molecular flexibility index (Phi) is 5.26. The zero-order valence-electron chi connectivity index (χ0n) is 15.4. The number of carboxylic acid groups (broad SMARTS) is 1. The summed E-state index contributed by atoms with van der Waals surface area (Å²) in [6, 6.07) is 20.4. The number of carbonyl (C=O) groups excluding carboxylic acids is 1. The van der Waals surface area contributed by atoms with Crippen molar-refractivity contribution in [3.05, 3.63) is 83.9 Å². The van der Waals surface area contributed by atoms with Crippen LogP contribution in [-0.2, 0) is 14.3 Å². The second-order valence-corrected chi connectivity index (χ2v) is 7.29. The molecule has 0 unspecified atom stereocenters. The van der Waals surface area contributed by atoms with Gasteiger partial charge in [-0.05, 0) is 17.5 Å². The normalized spacial score (nSPS) is 25.2. The number of fused-ring (bicyclic) bond motifs is 2. The van der Waals surface area contributed by atoms with E-state index in [9.17, 15) is 14.7 Å². The molecule has 2 aromatic carbocycles. The molecule has 4 rings (SSSR count). The van der Waals surface area contributed by atoms with Crippen LogP contribution in [0.1, 0.15) is 23.5 Å². The Morgan fingerprint density at radius 2 is 1.43 bits per heavy atom. The molecule has 5 nitrogen and oxygen atoms in total. The number of rotatable bonds is 7. The highest BCUT2D eigenvalue weighted by atomic mass is 16.5. The molecule has 0 aliphatic carbocycles. The van der Waals surface area contributed by atoms with Crippen molar-refractivity contribution in [1.29, 1.82) is 0 Å². The van der Waals surface area contributed by atoms with Crippen LogP contribution in [0.2, 0.25) is 0 Å². The van der Waals surface area contributed by atoms with Crippen LogP contribution < -0.4 is 5.32 Å². The molecule has 1 saturated heterocycles. The molecule has 1 fully saturated rings. The maximum Gasteiger partial charge on any atom is 0.310 e. The molecule has 0 spiro atoms. The molecular formula is C23H23NO4. The van der Waals surface area contributed by atoms with E-state index in [-0.39, 0.29) is 11.8 Å². The van der Waals surface area contributed by atoms with Crippen molar-refractivity contribution in [2.24, 2.45) is 11.8 Å². The van der Waals surface area contributed by atoms with Crippen LogP contribution >= 0.6 is 0 Å². The van der Waals surface area contributed by atoms with Crippen LogP contribution in [0.15, 0.2) is 72.8 Å². The van der Waals surface area contributed by atoms with Gasteiger partial charge in [0, 0.05) is 12.5 Å². The fraction of sp³-hybridized carbons (Fsp3) is 0.304. The molecule has 0 aromatic heterocycles. The van der Waals surface area contributed by atoms with Crippen LogP contribution in [0.5, 0.6) is 0 Å². The summed E-state index contributed by atoms with van der Waals surface area (Å²) >= 11 is 0. The number of amides is 1. The Morgan fingerprint density at radius 3 is 1.96 bits per heavy atom. The quantitative estimate of drug-likeness (QED) is 0.728. The van der Waals surface area contributed by atoms with Gasteiger partial charge < -0.3 is 15.2 Å². The molecule has 144 valence electrons. The first kappa shape index (κ1) is 18.4. The second-order valence-electron chi connectivity index (χ2n) is 7.29. The summed E-state index contributed by atoms with van der Waals surface area (Å²) in [5.74, 6) is -2.55. The fourth-order valence-corrected chi connectivity index (χ4v) is 4.27. The third-order valence-electron chi connectivity index (χ3n) is 5.62. The highest BCUT2D eigenvalue weighted by Gasteiger charge is 2.53. The number of nitrogens with one attached hydrogen (secondary N) is 1. The summed E-state index contributed by atoms with van der Waals surface area (Å²) in [6.07, 6.45) is 3.33. The monoisotopic (exact) mass is 377 g/mol. The van der Waals surface area contributed by atoms with Crippen LogP contribution in [0.4, 0.5) is 0 Å². The Hall–Kier alpha value is -2.92. The lowest BCUT2D eigenvalue weighted by molar-refractivity contribution is -0.146. The Bertz CT molecular complexity index is 825. The van der Waals surface area contributed by atoms with E-state index in [1.807, 2.05) is 36.4 Å². The summed E-state index contributed by atoms with van der Waals surface area (Å²) in [7, 11) is 0. The van der Waals surface area contributed by atoms with Gasteiger partial charge in [-0.3, -0.25) is 9.59 Å². The second kappa shape index (κ2) is 7.98. The maximum absolute atomic E-state index is 12.7. The van der Waals surface area contributed by atoms with E-state index < -0.39 is 30.0 Å². The first-order valence-corrected chi connectivity index (χ1v) is 9.59. The number of aliphatic carboxylic acids is 1. The zero-order chi connectivity index (χ0) is 19.5. The number of hydrogen-bond acceptors (Lipinski definition) is 3. The molecule has 28 heavy (non-hydrogen) atoms. The Balaban J connectivity index is 1.43. The van der Waals surface area contributed by atoms with Crippen molar-refractivity contribution >= 4 is 11.9 Å². The smallest absolute Gasteiger partial charge is 0.310 e. The summed E-state index contributed by atoms with van der Waals surface area (Å²) < 4.78 is 5.59. The van der Waals surface area contributed by atoms with Gasteiger partial charge in [-0.1, -0.05) is 72.8 Å². The third-order valence-corrected chi connectivity index (χ3v) is 5.62. The van der Waals surface area contributed by atoms with Gasteiger partial charge in [0.1, 0.15) is 5.92 Å². The lowest BCUT2D eigenvalue weighted by atomic mass is 9.82. The summed E-state index contributed by atoms with van der Waals surface area (Å²) in [4.78, 5) is 24.3. The highest BCUT2D eigenvalue weighted by molar-refractivity contribution is 5.87. The largest absolute Gasteiger partial charge is 0.481 e. The number of hydrogen-bond donors (Lipinski definition) is 2. The SMILES string of the molecule is O=C(NCCC(c1ccccc1)c1ccccc1)[C@@H]1[C@H](C(=O)O)[C@@H]2C=C[C@H]1O2. The number of benzene rings is 2. The van der Waals surface area contributed by atoms with Gasteiger partial charge in [-0.25, -0.2) is 0 Å². The van der Waals surface area contributed by atoms with Gasteiger partial charge in [-0.15, -0.1) is 0 Å². The van der Waals surface area contributed by atoms with Crippen LogP contribution in [0.25, 0.3) is 0 Å². The predicted octanol–water partition coefficient (Wildman–Crippen LogP) is 2.98. The van der Waals surface area contributed by atoms with Crippen LogP contribution in [0, 0.1) is 11.8 Å². The molecular weight excluding hydrogens is 354 g/mol. The lowest BCUT2D eigenvalue weighted by Gasteiger charge is -2.22. The maximum atomic E-state index is 12.7. The predicted molar refractivity (Wildman–Crippen MR) is 105 cm³/mol. The molecule has 2 aliphatic heterocycles. The average molecular weight is 377 g/mol. The zero-order valence-corrected chi connectivity index (χ0v) is 15.4. The number of ether oxygens (including phenoxy) is 1. The van der Waals surface area contributed by atoms with E-state index in [1.54, 1.807) is 12.2 Å². The molecule has 4 atom stereocenters.